The van der Waals surface area contributed by atoms with E-state index in [0.29, 0.717) is 6.42 Å². The van der Waals surface area contributed by atoms with Crippen molar-refractivity contribution in [1.82, 2.24) is 0 Å². The number of methoxy groups -OCH3 is 2. The third kappa shape index (κ3) is 3.49. The fraction of sp³-hybridized carbons (Fsp3) is 0.676. The highest BCUT2D eigenvalue weighted by Gasteiger charge is 2.92. The second kappa shape index (κ2) is 10.1. The second-order valence-corrected chi connectivity index (χ2v) is 16.0. The van der Waals surface area contributed by atoms with Gasteiger partial charge in [-0.3, -0.25) is 0 Å². The summed E-state index contributed by atoms with van der Waals surface area (Å²) in [5, 5.41) is 23.9. The molecule has 4 saturated heterocycles. The summed E-state index contributed by atoms with van der Waals surface area (Å²) >= 11 is 0. The summed E-state index contributed by atoms with van der Waals surface area (Å²) in [4.78, 5) is 27.5. The van der Waals surface area contributed by atoms with Gasteiger partial charge in [-0.1, -0.05) is 44.2 Å². The van der Waals surface area contributed by atoms with Gasteiger partial charge in [0.2, 0.25) is 6.29 Å². The maximum absolute atomic E-state index is 13.9. The third-order valence-electron chi connectivity index (χ3n) is 14.4. The number of carbonyl (C=O) groups is 2. The summed E-state index contributed by atoms with van der Waals surface area (Å²) in [6.07, 6.45) is 0.990. The quantitative estimate of drug-likeness (QED) is 0.347. The van der Waals surface area contributed by atoms with Crippen LogP contribution in [0.15, 0.2) is 48.7 Å². The molecule has 5 aliphatic heterocycles. The van der Waals surface area contributed by atoms with E-state index < -0.39 is 106 Å². The SMILES string of the molecule is COC(=O)[C@H]1OC[C@@]23[C@@H](OC(=O)/C=C/c4ccccc4)C[C@@H](O)[C@@]4(C)CO[C@@H]([C@H]5O[C@]6(C)[C@H]7C[C@H](O[C@@H]8OC=C[C@@]87O)[C@]6(OC)[C@@]5(C)[C@H]12)[C@@H]43. The first-order chi connectivity index (χ1) is 23.4. The van der Waals surface area contributed by atoms with Gasteiger partial charge in [-0.2, -0.15) is 0 Å². The van der Waals surface area contributed by atoms with Crippen molar-refractivity contribution >= 4 is 18.0 Å². The van der Waals surface area contributed by atoms with Crippen molar-refractivity contribution in [2.45, 2.75) is 93.3 Å². The predicted molar refractivity (Wildman–Crippen MR) is 168 cm³/mol. The van der Waals surface area contributed by atoms with E-state index in [4.69, 9.17) is 37.9 Å². The van der Waals surface area contributed by atoms with E-state index >= 15 is 0 Å². The van der Waals surface area contributed by atoms with Gasteiger partial charge in [-0.15, -0.1) is 0 Å². The van der Waals surface area contributed by atoms with Crippen LogP contribution < -0.4 is 0 Å². The zero-order valence-electron chi connectivity index (χ0n) is 28.3. The molecule has 9 rings (SSSR count). The highest BCUT2D eigenvalue weighted by molar-refractivity contribution is 5.87. The Labute approximate surface area is 284 Å². The van der Waals surface area contributed by atoms with Crippen LogP contribution in [0.5, 0.6) is 0 Å². The van der Waals surface area contributed by atoms with E-state index in [2.05, 4.69) is 0 Å². The Morgan fingerprint density at radius 2 is 1.80 bits per heavy atom. The Morgan fingerprint density at radius 1 is 1.02 bits per heavy atom. The minimum absolute atomic E-state index is 0.0524. The largest absolute Gasteiger partial charge is 0.469 e. The summed E-state index contributed by atoms with van der Waals surface area (Å²) < 4.78 is 51.5. The molecule has 12 nitrogen and oxygen atoms in total. The smallest absolute Gasteiger partial charge is 0.335 e. The lowest BCUT2D eigenvalue weighted by atomic mass is 9.38. The molecule has 0 unspecified atom stereocenters. The predicted octanol–water partition coefficient (Wildman–Crippen LogP) is 2.15. The summed E-state index contributed by atoms with van der Waals surface area (Å²) in [6, 6.07) is 9.43. The molecule has 8 aliphatic rings. The number of hydrogen-bond donors (Lipinski definition) is 2. The van der Waals surface area contributed by atoms with E-state index in [-0.39, 0.29) is 19.6 Å². The number of carbonyl (C=O) groups excluding carboxylic acids is 2. The molecule has 49 heavy (non-hydrogen) atoms. The fourth-order valence-corrected chi connectivity index (χ4v) is 12.7. The van der Waals surface area contributed by atoms with Gasteiger partial charge in [0.1, 0.15) is 17.3 Å². The summed E-state index contributed by atoms with van der Waals surface area (Å²) in [6.45, 7) is 6.27. The first-order valence-corrected chi connectivity index (χ1v) is 17.2. The monoisotopic (exact) mass is 680 g/mol. The van der Waals surface area contributed by atoms with Gasteiger partial charge in [0.15, 0.2) is 11.7 Å². The Kier molecular flexibility index (Phi) is 6.65. The van der Waals surface area contributed by atoms with Crippen LogP contribution in [0, 0.1) is 34.0 Å². The average Bonchev–Trinajstić information content (AvgIpc) is 3.86. The van der Waals surface area contributed by atoms with Crippen molar-refractivity contribution in [2.24, 2.45) is 34.0 Å². The number of ether oxygens (including phenoxy) is 8. The van der Waals surface area contributed by atoms with Gasteiger partial charge < -0.3 is 48.1 Å². The minimum Gasteiger partial charge on any atom is -0.469 e. The lowest BCUT2D eigenvalue weighted by Crippen LogP contribution is -2.76. The molecule has 0 amide bonds. The summed E-state index contributed by atoms with van der Waals surface area (Å²) in [5.41, 5.74) is -5.97. The Morgan fingerprint density at radius 3 is 2.53 bits per heavy atom. The number of aliphatic hydroxyl groups excluding tert-OH is 1. The lowest BCUT2D eigenvalue weighted by Gasteiger charge is -2.65. The van der Waals surface area contributed by atoms with Crippen molar-refractivity contribution in [2.75, 3.05) is 27.4 Å². The van der Waals surface area contributed by atoms with Crippen molar-refractivity contribution in [1.29, 1.82) is 0 Å². The highest BCUT2D eigenvalue weighted by atomic mass is 16.7. The molecular weight excluding hydrogens is 636 g/mol. The van der Waals surface area contributed by atoms with Crippen LogP contribution in [0.4, 0.5) is 0 Å². The number of fused-ring (bicyclic) bond motifs is 11. The maximum atomic E-state index is 13.9. The molecule has 0 aromatic heterocycles. The van der Waals surface area contributed by atoms with Gasteiger partial charge in [0.05, 0.1) is 51.0 Å². The van der Waals surface area contributed by atoms with Crippen LogP contribution in [0.25, 0.3) is 6.08 Å². The molecule has 7 fully saturated rings. The molecule has 1 spiro atoms. The molecule has 2 bridgehead atoms. The number of hydrogen-bond acceptors (Lipinski definition) is 12. The summed E-state index contributed by atoms with van der Waals surface area (Å²) in [5.74, 6) is -2.80. The number of aliphatic hydroxyl groups is 2. The number of esters is 2. The van der Waals surface area contributed by atoms with Crippen LogP contribution in [0.3, 0.4) is 0 Å². The average molecular weight is 681 g/mol. The van der Waals surface area contributed by atoms with Gasteiger partial charge >= 0.3 is 11.9 Å². The van der Waals surface area contributed by atoms with E-state index in [1.165, 1.54) is 19.4 Å². The van der Waals surface area contributed by atoms with Gasteiger partial charge in [0, 0.05) is 53.6 Å². The zero-order chi connectivity index (χ0) is 34.4. The highest BCUT2D eigenvalue weighted by Crippen LogP contribution is 2.80. The topological polar surface area (TPSA) is 148 Å². The zero-order valence-corrected chi connectivity index (χ0v) is 28.3. The normalized spacial score (nSPS) is 54.1. The van der Waals surface area contributed by atoms with Crippen LogP contribution in [-0.4, -0.2) is 109 Å². The molecule has 0 radical (unpaired) electrons. The lowest BCUT2D eigenvalue weighted by molar-refractivity contribution is -0.299. The van der Waals surface area contributed by atoms with E-state index in [1.54, 1.807) is 19.3 Å². The Bertz CT molecular complexity index is 1630. The van der Waals surface area contributed by atoms with Crippen molar-refractivity contribution in [3.8, 4) is 0 Å². The first kappa shape index (κ1) is 32.1. The van der Waals surface area contributed by atoms with E-state index in [9.17, 15) is 19.8 Å². The van der Waals surface area contributed by atoms with Crippen molar-refractivity contribution in [3.05, 3.63) is 54.3 Å². The fourth-order valence-electron chi connectivity index (χ4n) is 12.7. The molecule has 2 N–H and O–H groups in total. The van der Waals surface area contributed by atoms with E-state index in [0.717, 1.165) is 5.56 Å². The molecule has 1 aromatic carbocycles. The minimum atomic E-state index is -1.49. The van der Waals surface area contributed by atoms with Crippen LogP contribution in [0.2, 0.25) is 0 Å². The number of benzene rings is 1. The van der Waals surface area contributed by atoms with Crippen molar-refractivity contribution < 1.29 is 57.7 Å². The van der Waals surface area contributed by atoms with Crippen LogP contribution in [0.1, 0.15) is 39.2 Å². The van der Waals surface area contributed by atoms with Crippen LogP contribution >= 0.6 is 0 Å². The molecule has 5 heterocycles. The number of rotatable bonds is 5. The molecule has 264 valence electrons. The first-order valence-electron chi connectivity index (χ1n) is 17.2. The van der Waals surface area contributed by atoms with Crippen molar-refractivity contribution in [3.63, 3.8) is 0 Å². The molecule has 3 saturated carbocycles. The van der Waals surface area contributed by atoms with Gasteiger partial charge in [-0.25, -0.2) is 9.59 Å². The van der Waals surface area contributed by atoms with Gasteiger partial charge in [-0.05, 0) is 31.1 Å². The van der Waals surface area contributed by atoms with Crippen LogP contribution in [-0.2, 0) is 47.5 Å². The standard InChI is InChI=1S/C37H44O12/c1-32-17-45-25-27(32)35(22(16-21(32)38)47-24(39)12-11-19-9-7-6-8-10-19)18-46-26(30(40)42-4)28(35)33(2)29(25)49-34(3)20-15-23(37(33,34)43-5)48-31-36(20,41)13-14-44-31/h6-14,20-23,25-29,31,38,41H,15-18H2,1-5H3/b12-11+/t20-,21-,22+,23+,25-,26+,27+,28+,29-,31+,32-,33+,34-,35+,36+,37+/m1/s1. The molecule has 1 aromatic rings. The molecule has 16 atom stereocenters. The Hall–Kier alpha value is -2.84. The molecular formula is C37H44O12. The second-order valence-electron chi connectivity index (χ2n) is 16.0. The molecule has 3 aliphatic carbocycles. The molecule has 12 heteroatoms. The van der Waals surface area contributed by atoms with Gasteiger partial charge in [0.25, 0.3) is 0 Å². The third-order valence-corrected chi connectivity index (χ3v) is 14.4. The maximum Gasteiger partial charge on any atom is 0.335 e. The van der Waals surface area contributed by atoms with E-state index in [1.807, 2.05) is 51.1 Å². The Balaban J connectivity index is 1.23. The summed E-state index contributed by atoms with van der Waals surface area (Å²) in [7, 11) is 2.95.